The van der Waals surface area contributed by atoms with Crippen molar-refractivity contribution in [3.63, 3.8) is 0 Å². The van der Waals surface area contributed by atoms with Crippen LogP contribution in [0, 0.1) is 5.21 Å². The number of oxime groups is 1. The lowest BCUT2D eigenvalue weighted by Gasteiger charge is -2.10. The Balaban J connectivity index is 2.27. The molecule has 0 aliphatic heterocycles. The Labute approximate surface area is 128 Å². The lowest BCUT2D eigenvalue weighted by Crippen LogP contribution is -2.19. The maximum atomic E-state index is 12.8. The van der Waals surface area contributed by atoms with Crippen LogP contribution in [0.5, 0.6) is 0 Å². The third kappa shape index (κ3) is 3.85. The summed E-state index contributed by atoms with van der Waals surface area (Å²) in [5, 5.41) is 25.6. The number of thiophene rings is 1. The van der Waals surface area contributed by atoms with E-state index in [-0.39, 0.29) is 17.8 Å². The first-order chi connectivity index (χ1) is 10.4. The van der Waals surface area contributed by atoms with Gasteiger partial charge in [0.15, 0.2) is 18.5 Å². The van der Waals surface area contributed by atoms with E-state index in [1.807, 2.05) is 0 Å². The fraction of sp³-hybridized carbons (Fsp3) is 0.143. The predicted molar refractivity (Wildman–Crippen MR) is 77.7 cm³/mol. The van der Waals surface area contributed by atoms with Gasteiger partial charge in [-0.15, -0.1) is 11.3 Å². The molecule has 2 aromatic rings. The van der Waals surface area contributed by atoms with E-state index in [2.05, 4.69) is 5.16 Å². The number of hydrogen-bond acceptors (Lipinski definition) is 4. The predicted octanol–water partition coefficient (Wildman–Crippen LogP) is 3.57. The molecule has 4 nitrogen and oxygen atoms in total. The van der Waals surface area contributed by atoms with Crippen LogP contribution in [0.4, 0.5) is 13.2 Å². The van der Waals surface area contributed by atoms with Gasteiger partial charge in [0.2, 0.25) is 0 Å². The molecule has 1 N–H and O–H groups in total. The largest absolute Gasteiger partial charge is 0.623 e. The van der Waals surface area contributed by atoms with E-state index >= 15 is 0 Å². The second-order valence-electron chi connectivity index (χ2n) is 4.31. The number of halogens is 3. The first-order valence-corrected chi connectivity index (χ1v) is 6.99. The first-order valence-electron chi connectivity index (χ1n) is 6.11. The van der Waals surface area contributed by atoms with E-state index in [1.165, 1.54) is 29.5 Å². The number of alkyl halides is 3. The highest BCUT2D eigenvalue weighted by Crippen LogP contribution is 2.31. The fourth-order valence-corrected chi connectivity index (χ4v) is 2.52. The molecule has 0 atom stereocenters. The van der Waals surface area contributed by atoms with Crippen molar-refractivity contribution >= 4 is 23.3 Å². The molecule has 0 aliphatic rings. The summed E-state index contributed by atoms with van der Waals surface area (Å²) in [5.41, 5.74) is -1.05. The molecule has 0 aliphatic carbocycles. The molecule has 116 valence electrons. The van der Waals surface area contributed by atoms with Crippen molar-refractivity contribution in [3.05, 3.63) is 63.0 Å². The lowest BCUT2D eigenvalue weighted by molar-refractivity contribution is -0.434. The Morgan fingerprint density at radius 1 is 1.27 bits per heavy atom. The van der Waals surface area contributed by atoms with Gasteiger partial charge in [-0.05, 0) is 23.6 Å². The average molecular weight is 328 g/mol. The lowest BCUT2D eigenvalue weighted by atomic mass is 10.1. The van der Waals surface area contributed by atoms with Crippen LogP contribution in [-0.4, -0.2) is 28.4 Å². The molecule has 0 radical (unpaired) electrons. The van der Waals surface area contributed by atoms with Gasteiger partial charge in [-0.2, -0.15) is 13.2 Å². The van der Waals surface area contributed by atoms with Crippen molar-refractivity contribution in [1.29, 1.82) is 0 Å². The highest BCUT2D eigenvalue weighted by Gasteiger charge is 2.33. The van der Waals surface area contributed by atoms with E-state index < -0.39 is 11.7 Å². The number of hydrogen-bond donors (Lipinski definition) is 1. The molecular weight excluding hydrogens is 317 g/mol. The van der Waals surface area contributed by atoms with Crippen LogP contribution in [0.2, 0.25) is 0 Å². The van der Waals surface area contributed by atoms with Gasteiger partial charge < -0.3 is 10.4 Å². The third-order valence-electron chi connectivity index (χ3n) is 2.78. The summed E-state index contributed by atoms with van der Waals surface area (Å²) in [4.78, 5) is 0.570. The van der Waals surface area contributed by atoms with Crippen LogP contribution in [0.1, 0.15) is 16.0 Å². The van der Waals surface area contributed by atoms with Crippen molar-refractivity contribution in [2.45, 2.75) is 6.18 Å². The minimum absolute atomic E-state index is 0.0886. The molecule has 0 bridgehead atoms. The van der Waals surface area contributed by atoms with Crippen molar-refractivity contribution in [2.75, 3.05) is 6.54 Å². The van der Waals surface area contributed by atoms with Gasteiger partial charge in [0, 0.05) is 0 Å². The van der Waals surface area contributed by atoms with Crippen LogP contribution in [0.25, 0.3) is 0 Å². The van der Waals surface area contributed by atoms with Gasteiger partial charge in [0.05, 0.1) is 16.0 Å². The molecule has 0 fully saturated rings. The molecule has 22 heavy (non-hydrogen) atoms. The summed E-state index contributed by atoms with van der Waals surface area (Å²) in [6.07, 6.45) is -3.71. The van der Waals surface area contributed by atoms with E-state index in [4.69, 9.17) is 5.21 Å². The van der Waals surface area contributed by atoms with Crippen LogP contribution in [0.3, 0.4) is 0 Å². The standard InChI is InChI=1S/C14H11F3N2O2S/c15-14(16,17)11-5-2-1-4-10(11)8-19(21)9-12(18-20)13-6-3-7-22-13/h1-8,20H,9H2. The molecule has 0 saturated carbocycles. The zero-order chi connectivity index (χ0) is 16.2. The maximum absolute atomic E-state index is 12.8. The van der Waals surface area contributed by atoms with Gasteiger partial charge in [-0.3, -0.25) is 0 Å². The van der Waals surface area contributed by atoms with Crippen molar-refractivity contribution in [2.24, 2.45) is 5.16 Å². The van der Waals surface area contributed by atoms with Crippen LogP contribution < -0.4 is 0 Å². The van der Waals surface area contributed by atoms with E-state index in [1.54, 1.807) is 17.5 Å². The van der Waals surface area contributed by atoms with Crippen molar-refractivity contribution < 1.29 is 23.1 Å². The minimum atomic E-state index is -4.55. The summed E-state index contributed by atoms with van der Waals surface area (Å²) in [7, 11) is 0. The summed E-state index contributed by atoms with van der Waals surface area (Å²) in [6, 6.07) is 8.13. The zero-order valence-corrected chi connectivity index (χ0v) is 11.9. The first kappa shape index (κ1) is 16.0. The average Bonchev–Trinajstić information content (AvgIpc) is 2.98. The smallest absolute Gasteiger partial charge is 0.417 e. The fourth-order valence-electron chi connectivity index (χ4n) is 1.82. The Hall–Kier alpha value is -2.35. The molecular formula is C14H11F3N2O2S. The monoisotopic (exact) mass is 328 g/mol. The Morgan fingerprint density at radius 2 is 2.00 bits per heavy atom. The molecule has 1 aromatic heterocycles. The maximum Gasteiger partial charge on any atom is 0.417 e. The number of benzene rings is 1. The van der Waals surface area contributed by atoms with Crippen molar-refractivity contribution in [1.82, 2.24) is 0 Å². The van der Waals surface area contributed by atoms with Crippen LogP contribution in [-0.2, 0) is 6.18 Å². The number of rotatable bonds is 4. The number of hydroxylamine groups is 1. The summed E-state index contributed by atoms with van der Waals surface area (Å²) >= 11 is 1.26. The van der Waals surface area contributed by atoms with Crippen LogP contribution >= 0.6 is 11.3 Å². The summed E-state index contributed by atoms with van der Waals surface area (Å²) < 4.78 is 38.8. The third-order valence-corrected chi connectivity index (χ3v) is 3.70. The van der Waals surface area contributed by atoms with E-state index in [0.29, 0.717) is 9.62 Å². The normalized spacial score (nSPS) is 13.4. The van der Waals surface area contributed by atoms with Gasteiger partial charge in [-0.25, -0.2) is 4.74 Å². The quantitative estimate of drug-likeness (QED) is 0.307. The second-order valence-corrected chi connectivity index (χ2v) is 5.26. The zero-order valence-electron chi connectivity index (χ0n) is 11.1. The molecule has 0 unspecified atom stereocenters. The topological polar surface area (TPSA) is 58.7 Å². The summed E-state index contributed by atoms with van der Waals surface area (Å²) in [5.74, 6) is 0. The Kier molecular flexibility index (Phi) is 4.81. The number of nitrogens with zero attached hydrogens (tertiary/aromatic N) is 2. The summed E-state index contributed by atoms with van der Waals surface area (Å²) in [6.45, 7) is -0.358. The van der Waals surface area contributed by atoms with Gasteiger partial charge in [0.25, 0.3) is 0 Å². The molecule has 1 heterocycles. The molecule has 8 heteroatoms. The van der Waals surface area contributed by atoms with Gasteiger partial charge in [0.1, 0.15) is 0 Å². The Morgan fingerprint density at radius 3 is 2.59 bits per heavy atom. The van der Waals surface area contributed by atoms with Gasteiger partial charge in [-0.1, -0.05) is 23.4 Å². The molecule has 0 amide bonds. The van der Waals surface area contributed by atoms with Crippen molar-refractivity contribution in [3.8, 4) is 0 Å². The highest BCUT2D eigenvalue weighted by molar-refractivity contribution is 7.12. The molecule has 0 spiro atoms. The SMILES string of the molecule is [O-][N+](=Cc1ccccc1C(F)(F)F)CC(=NO)c1cccs1. The van der Waals surface area contributed by atoms with Gasteiger partial charge >= 0.3 is 6.18 Å². The van der Waals surface area contributed by atoms with E-state index in [0.717, 1.165) is 12.3 Å². The Bertz CT molecular complexity index is 694. The minimum Gasteiger partial charge on any atom is -0.623 e. The van der Waals surface area contributed by atoms with E-state index in [9.17, 15) is 18.4 Å². The second kappa shape index (κ2) is 6.61. The molecule has 2 rings (SSSR count). The molecule has 1 aromatic carbocycles. The highest BCUT2D eigenvalue weighted by atomic mass is 32.1. The molecule has 0 saturated heterocycles. The van der Waals surface area contributed by atoms with Crippen LogP contribution in [0.15, 0.2) is 46.9 Å².